The lowest BCUT2D eigenvalue weighted by atomic mass is 10.0. The molecule has 18 heavy (non-hydrogen) atoms. The van der Waals surface area contributed by atoms with Crippen molar-refractivity contribution >= 4 is 5.97 Å². The molecule has 7 heteroatoms. The Morgan fingerprint density at radius 2 is 1.72 bits per heavy atom. The Kier molecular flexibility index (Phi) is 3.93. The molecule has 0 fully saturated rings. The van der Waals surface area contributed by atoms with E-state index in [1.165, 1.54) is 13.0 Å². The predicted octanol–water partition coefficient (Wildman–Crippen LogP) is 3.52. The Bertz CT molecular complexity index is 439. The van der Waals surface area contributed by atoms with Gasteiger partial charge in [0.2, 0.25) is 0 Å². The number of rotatable bonds is 3. The second-order valence-electron chi connectivity index (χ2n) is 3.34. The SMILES string of the molecule is CCOC(=O)c1ccccc1C(F)(F)C(F)(F)F. The highest BCUT2D eigenvalue weighted by atomic mass is 19.4. The molecule has 0 atom stereocenters. The van der Waals surface area contributed by atoms with Crippen molar-refractivity contribution in [3.63, 3.8) is 0 Å². The average Bonchev–Trinajstić information content (AvgIpc) is 2.28. The minimum absolute atomic E-state index is 0.120. The summed E-state index contributed by atoms with van der Waals surface area (Å²) in [4.78, 5) is 11.3. The molecule has 0 spiro atoms. The molecular weight excluding hydrogens is 259 g/mol. The van der Waals surface area contributed by atoms with E-state index < -0.39 is 29.2 Å². The van der Waals surface area contributed by atoms with Crippen LogP contribution in [-0.2, 0) is 10.7 Å². The molecule has 0 heterocycles. The minimum Gasteiger partial charge on any atom is -0.462 e. The van der Waals surface area contributed by atoms with E-state index >= 15 is 0 Å². The van der Waals surface area contributed by atoms with Gasteiger partial charge in [0.25, 0.3) is 0 Å². The zero-order chi connectivity index (χ0) is 14.0. The molecule has 0 aliphatic heterocycles. The van der Waals surface area contributed by atoms with Crippen LogP contribution in [0.15, 0.2) is 24.3 Å². The first-order valence-electron chi connectivity index (χ1n) is 4.93. The zero-order valence-electron chi connectivity index (χ0n) is 9.22. The number of esters is 1. The first-order valence-corrected chi connectivity index (χ1v) is 4.93. The first kappa shape index (κ1) is 14.4. The molecule has 0 saturated carbocycles. The van der Waals surface area contributed by atoms with Crippen LogP contribution in [0.1, 0.15) is 22.8 Å². The molecule has 0 saturated heterocycles. The van der Waals surface area contributed by atoms with Crippen molar-refractivity contribution in [3.05, 3.63) is 35.4 Å². The van der Waals surface area contributed by atoms with E-state index in [2.05, 4.69) is 4.74 Å². The second kappa shape index (κ2) is 4.91. The number of benzene rings is 1. The predicted molar refractivity (Wildman–Crippen MR) is 52.3 cm³/mol. The van der Waals surface area contributed by atoms with E-state index in [0.29, 0.717) is 6.07 Å². The first-order chi connectivity index (χ1) is 8.21. The van der Waals surface area contributed by atoms with Gasteiger partial charge in [0.1, 0.15) is 0 Å². The number of hydrogen-bond donors (Lipinski definition) is 0. The number of hydrogen-bond acceptors (Lipinski definition) is 2. The van der Waals surface area contributed by atoms with Gasteiger partial charge in [-0.15, -0.1) is 0 Å². The summed E-state index contributed by atoms with van der Waals surface area (Å²) in [6.07, 6.45) is -5.77. The van der Waals surface area contributed by atoms with Crippen LogP contribution in [0.5, 0.6) is 0 Å². The standard InChI is InChI=1S/C11H9F5O2/c1-2-18-9(17)7-5-3-4-6-8(7)10(12,13)11(14,15)16/h3-6H,2H2,1H3. The van der Waals surface area contributed by atoms with Crippen LogP contribution in [0.2, 0.25) is 0 Å². The fourth-order valence-corrected chi connectivity index (χ4v) is 1.30. The van der Waals surface area contributed by atoms with E-state index in [1.807, 2.05) is 0 Å². The monoisotopic (exact) mass is 268 g/mol. The quantitative estimate of drug-likeness (QED) is 0.619. The van der Waals surface area contributed by atoms with Crippen molar-refractivity contribution in [2.75, 3.05) is 6.61 Å². The fraction of sp³-hybridized carbons (Fsp3) is 0.364. The van der Waals surface area contributed by atoms with Gasteiger partial charge >= 0.3 is 18.1 Å². The summed E-state index contributed by atoms with van der Waals surface area (Å²) >= 11 is 0. The minimum atomic E-state index is -5.77. The molecule has 0 aliphatic carbocycles. The molecule has 0 bridgehead atoms. The number of halogens is 5. The molecule has 1 rings (SSSR count). The third kappa shape index (κ3) is 2.60. The van der Waals surface area contributed by atoms with Crippen LogP contribution in [0.25, 0.3) is 0 Å². The van der Waals surface area contributed by atoms with Crippen LogP contribution in [0.4, 0.5) is 22.0 Å². The van der Waals surface area contributed by atoms with E-state index in [-0.39, 0.29) is 6.61 Å². The Labute approximate surface area is 99.4 Å². The van der Waals surface area contributed by atoms with Crippen LogP contribution >= 0.6 is 0 Å². The van der Waals surface area contributed by atoms with Gasteiger partial charge < -0.3 is 4.74 Å². The maximum absolute atomic E-state index is 13.2. The largest absolute Gasteiger partial charge is 0.462 e. The summed E-state index contributed by atoms with van der Waals surface area (Å²) in [5.41, 5.74) is -2.20. The maximum Gasteiger partial charge on any atom is 0.458 e. The Balaban J connectivity index is 3.30. The summed E-state index contributed by atoms with van der Waals surface area (Å²) < 4.78 is 67.6. The van der Waals surface area contributed by atoms with Crippen molar-refractivity contribution in [3.8, 4) is 0 Å². The summed E-state index contributed by atoms with van der Waals surface area (Å²) in [5, 5.41) is 0. The van der Waals surface area contributed by atoms with Gasteiger partial charge in [-0.1, -0.05) is 18.2 Å². The van der Waals surface area contributed by atoms with E-state index in [1.54, 1.807) is 0 Å². The lowest BCUT2D eigenvalue weighted by Crippen LogP contribution is -2.35. The summed E-state index contributed by atoms with van der Waals surface area (Å²) in [7, 11) is 0. The highest BCUT2D eigenvalue weighted by molar-refractivity contribution is 5.91. The van der Waals surface area contributed by atoms with E-state index in [4.69, 9.17) is 0 Å². The van der Waals surface area contributed by atoms with Gasteiger partial charge in [0.15, 0.2) is 0 Å². The van der Waals surface area contributed by atoms with Gasteiger partial charge in [0.05, 0.1) is 12.2 Å². The van der Waals surface area contributed by atoms with Crippen LogP contribution < -0.4 is 0 Å². The van der Waals surface area contributed by atoms with Gasteiger partial charge in [0, 0.05) is 5.56 Å². The summed E-state index contributed by atoms with van der Waals surface area (Å²) in [5.74, 6) is -6.31. The number of carbonyl (C=O) groups excluding carboxylic acids is 1. The Morgan fingerprint density at radius 1 is 1.17 bits per heavy atom. The maximum atomic E-state index is 13.2. The lowest BCUT2D eigenvalue weighted by Gasteiger charge is -2.21. The third-order valence-corrected chi connectivity index (χ3v) is 2.12. The van der Waals surface area contributed by atoms with Crippen molar-refractivity contribution in [2.45, 2.75) is 19.0 Å². The zero-order valence-corrected chi connectivity index (χ0v) is 9.22. The molecule has 1 aromatic rings. The molecule has 2 nitrogen and oxygen atoms in total. The van der Waals surface area contributed by atoms with Crippen LogP contribution in [0, 0.1) is 0 Å². The van der Waals surface area contributed by atoms with E-state index in [0.717, 1.165) is 12.1 Å². The fourth-order valence-electron chi connectivity index (χ4n) is 1.30. The number of alkyl halides is 5. The highest BCUT2D eigenvalue weighted by Crippen LogP contribution is 2.45. The van der Waals surface area contributed by atoms with Crippen molar-refractivity contribution in [1.29, 1.82) is 0 Å². The van der Waals surface area contributed by atoms with Gasteiger partial charge in [-0.3, -0.25) is 0 Å². The van der Waals surface area contributed by atoms with Gasteiger partial charge in [-0.25, -0.2) is 4.79 Å². The topological polar surface area (TPSA) is 26.3 Å². The Hall–Kier alpha value is -1.66. The van der Waals surface area contributed by atoms with Crippen molar-refractivity contribution in [2.24, 2.45) is 0 Å². The van der Waals surface area contributed by atoms with E-state index in [9.17, 15) is 26.7 Å². The molecule has 0 radical (unpaired) electrons. The summed E-state index contributed by atoms with van der Waals surface area (Å²) in [6, 6.07) is 3.60. The molecule has 0 unspecified atom stereocenters. The van der Waals surface area contributed by atoms with Gasteiger partial charge in [-0.05, 0) is 13.0 Å². The van der Waals surface area contributed by atoms with Crippen molar-refractivity contribution < 1.29 is 31.5 Å². The highest BCUT2D eigenvalue weighted by Gasteiger charge is 2.59. The molecule has 100 valence electrons. The van der Waals surface area contributed by atoms with Gasteiger partial charge in [-0.2, -0.15) is 22.0 Å². The molecule has 0 N–H and O–H groups in total. The second-order valence-corrected chi connectivity index (χ2v) is 3.34. The molecular formula is C11H9F5O2. The third-order valence-electron chi connectivity index (χ3n) is 2.12. The molecule has 0 amide bonds. The summed E-state index contributed by atoms with van der Waals surface area (Å²) in [6.45, 7) is 1.30. The van der Waals surface area contributed by atoms with Crippen LogP contribution in [0.3, 0.4) is 0 Å². The number of ether oxygens (including phenoxy) is 1. The van der Waals surface area contributed by atoms with Crippen LogP contribution in [-0.4, -0.2) is 18.8 Å². The van der Waals surface area contributed by atoms with Crippen molar-refractivity contribution in [1.82, 2.24) is 0 Å². The lowest BCUT2D eigenvalue weighted by molar-refractivity contribution is -0.289. The normalized spacial score (nSPS) is 12.3. The molecule has 0 aromatic heterocycles. The average molecular weight is 268 g/mol. The number of carbonyl (C=O) groups is 1. The molecule has 0 aliphatic rings. The molecule has 1 aromatic carbocycles. The smallest absolute Gasteiger partial charge is 0.458 e. The Morgan fingerprint density at radius 3 is 2.22 bits per heavy atom.